The number of carbonyl (C=O) groups is 1. The first-order valence-corrected chi connectivity index (χ1v) is 11.1. The smallest absolute Gasteiger partial charge is 0.241 e. The fourth-order valence-electron chi connectivity index (χ4n) is 4.34. The monoisotopic (exact) mass is 383 g/mol. The van der Waals surface area contributed by atoms with Gasteiger partial charge in [-0.05, 0) is 81.3 Å². The van der Waals surface area contributed by atoms with Gasteiger partial charge in [-0.1, -0.05) is 6.07 Å². The van der Waals surface area contributed by atoms with Gasteiger partial charge in [0.1, 0.15) is 0 Å². The number of rotatable bonds is 5. The van der Waals surface area contributed by atoms with Gasteiger partial charge in [-0.15, -0.1) is 11.3 Å². The lowest BCUT2D eigenvalue weighted by molar-refractivity contribution is -0.121. The van der Waals surface area contributed by atoms with Crippen molar-refractivity contribution in [3.8, 4) is 0 Å². The molecule has 0 bridgehead atoms. The third-order valence-electron chi connectivity index (χ3n) is 5.90. The second-order valence-corrected chi connectivity index (χ2v) is 8.65. The van der Waals surface area contributed by atoms with Crippen LogP contribution in [0.5, 0.6) is 0 Å². The van der Waals surface area contributed by atoms with Gasteiger partial charge in [-0.25, -0.2) is 0 Å². The number of hydrogen-bond donors (Lipinski definition) is 1. The Balaban J connectivity index is 1.38. The van der Waals surface area contributed by atoms with Crippen molar-refractivity contribution in [1.29, 1.82) is 0 Å². The summed E-state index contributed by atoms with van der Waals surface area (Å²) in [5, 5.41) is 5.24. The number of anilines is 2. The van der Waals surface area contributed by atoms with E-state index in [9.17, 15) is 4.79 Å². The number of hydrogen-bond acceptors (Lipinski definition) is 4. The molecule has 3 heterocycles. The molecule has 0 spiro atoms. The summed E-state index contributed by atoms with van der Waals surface area (Å²) in [5.74, 6) is 0.0872. The molecule has 1 aromatic carbocycles. The van der Waals surface area contributed by atoms with Crippen molar-refractivity contribution in [1.82, 2.24) is 4.90 Å². The lowest BCUT2D eigenvalue weighted by atomic mass is 10.1. The zero-order valence-corrected chi connectivity index (χ0v) is 16.9. The lowest BCUT2D eigenvalue weighted by Gasteiger charge is -2.30. The van der Waals surface area contributed by atoms with Crippen LogP contribution in [0.25, 0.3) is 0 Å². The molecule has 27 heavy (non-hydrogen) atoms. The fraction of sp³-hybridized carbons (Fsp3) is 0.500. The normalized spacial score (nSPS) is 22.0. The van der Waals surface area contributed by atoms with Crippen molar-refractivity contribution in [3.05, 3.63) is 46.7 Å². The van der Waals surface area contributed by atoms with E-state index in [1.54, 1.807) is 11.3 Å². The number of thiophene rings is 1. The van der Waals surface area contributed by atoms with Gasteiger partial charge < -0.3 is 10.2 Å². The molecule has 0 aliphatic carbocycles. The summed E-state index contributed by atoms with van der Waals surface area (Å²) in [6, 6.07) is 12.9. The van der Waals surface area contributed by atoms with E-state index in [2.05, 4.69) is 44.8 Å². The van der Waals surface area contributed by atoms with Crippen molar-refractivity contribution in [2.45, 2.75) is 51.1 Å². The number of nitrogens with zero attached hydrogens (tertiary/aromatic N) is 2. The molecular weight excluding hydrogens is 354 g/mol. The van der Waals surface area contributed by atoms with Crippen LogP contribution in [0.3, 0.4) is 0 Å². The van der Waals surface area contributed by atoms with Crippen LogP contribution in [-0.2, 0) is 4.79 Å². The van der Waals surface area contributed by atoms with Gasteiger partial charge in [-0.3, -0.25) is 9.69 Å². The predicted octanol–water partition coefficient (Wildman–Crippen LogP) is 4.90. The van der Waals surface area contributed by atoms with Crippen LogP contribution in [-0.4, -0.2) is 36.5 Å². The molecule has 1 aromatic heterocycles. The molecule has 1 amide bonds. The molecule has 1 N–H and O–H groups in total. The van der Waals surface area contributed by atoms with Crippen LogP contribution in [0.15, 0.2) is 41.8 Å². The van der Waals surface area contributed by atoms with Crippen LogP contribution >= 0.6 is 11.3 Å². The van der Waals surface area contributed by atoms with E-state index in [4.69, 9.17) is 0 Å². The number of amides is 1. The highest BCUT2D eigenvalue weighted by Crippen LogP contribution is 2.36. The van der Waals surface area contributed by atoms with E-state index in [0.29, 0.717) is 6.04 Å². The molecule has 2 aromatic rings. The van der Waals surface area contributed by atoms with E-state index in [0.717, 1.165) is 38.2 Å². The molecule has 0 saturated carbocycles. The molecule has 5 heteroatoms. The van der Waals surface area contributed by atoms with E-state index in [1.165, 1.54) is 29.8 Å². The Labute approximate surface area is 166 Å². The average Bonchev–Trinajstić information content (AvgIpc) is 3.40. The first-order chi connectivity index (χ1) is 13.2. The summed E-state index contributed by atoms with van der Waals surface area (Å²) in [6.45, 7) is 5.30. The van der Waals surface area contributed by atoms with Gasteiger partial charge in [0.15, 0.2) is 0 Å². The third kappa shape index (κ3) is 4.19. The standard InChI is InChI=1S/C22H29N3OS/c1-17(25-15-5-7-20(25)21-8-6-16-27-21)22(26)23-18-9-11-19(12-10-18)24-13-3-2-4-14-24/h6,8-12,16-17,20H,2-5,7,13-15H2,1H3,(H,23,26). The quantitative estimate of drug-likeness (QED) is 0.797. The molecule has 144 valence electrons. The van der Waals surface area contributed by atoms with Gasteiger partial charge in [0.2, 0.25) is 5.91 Å². The number of piperidine rings is 1. The second-order valence-electron chi connectivity index (χ2n) is 7.67. The van der Waals surface area contributed by atoms with E-state index >= 15 is 0 Å². The predicted molar refractivity (Wildman–Crippen MR) is 114 cm³/mol. The number of carbonyl (C=O) groups excluding carboxylic acids is 1. The topological polar surface area (TPSA) is 35.6 Å². The van der Waals surface area contributed by atoms with Gasteiger partial charge in [0, 0.05) is 35.4 Å². The third-order valence-corrected chi connectivity index (χ3v) is 6.87. The maximum absolute atomic E-state index is 12.8. The minimum Gasteiger partial charge on any atom is -0.372 e. The van der Waals surface area contributed by atoms with Crippen LogP contribution in [0.4, 0.5) is 11.4 Å². The Morgan fingerprint density at radius 1 is 1.07 bits per heavy atom. The number of benzene rings is 1. The highest BCUT2D eigenvalue weighted by molar-refractivity contribution is 7.10. The number of nitrogens with one attached hydrogen (secondary N) is 1. The Kier molecular flexibility index (Phi) is 5.79. The minimum absolute atomic E-state index is 0.0872. The van der Waals surface area contributed by atoms with Crippen LogP contribution in [0.1, 0.15) is 49.9 Å². The minimum atomic E-state index is -0.124. The van der Waals surface area contributed by atoms with E-state index in [-0.39, 0.29) is 11.9 Å². The lowest BCUT2D eigenvalue weighted by Crippen LogP contribution is -2.41. The first-order valence-electron chi connectivity index (χ1n) is 10.2. The van der Waals surface area contributed by atoms with E-state index < -0.39 is 0 Å². The van der Waals surface area contributed by atoms with Crippen LogP contribution < -0.4 is 10.2 Å². The van der Waals surface area contributed by atoms with Gasteiger partial charge in [-0.2, -0.15) is 0 Å². The first kappa shape index (κ1) is 18.5. The number of likely N-dealkylation sites (tertiary alicyclic amines) is 1. The molecule has 2 saturated heterocycles. The Morgan fingerprint density at radius 3 is 2.56 bits per heavy atom. The molecular formula is C22H29N3OS. The molecule has 0 radical (unpaired) electrons. The summed E-state index contributed by atoms with van der Waals surface area (Å²) in [5.41, 5.74) is 2.15. The van der Waals surface area contributed by atoms with Crippen molar-refractivity contribution < 1.29 is 4.79 Å². The summed E-state index contributed by atoms with van der Waals surface area (Å²) >= 11 is 1.79. The molecule has 2 aliphatic rings. The van der Waals surface area contributed by atoms with E-state index in [1.807, 2.05) is 19.1 Å². The zero-order valence-electron chi connectivity index (χ0n) is 16.1. The SMILES string of the molecule is CC(C(=O)Nc1ccc(N2CCCCC2)cc1)N1CCCC1c1cccs1. The fourth-order valence-corrected chi connectivity index (χ4v) is 5.23. The molecule has 2 atom stereocenters. The van der Waals surface area contributed by atoms with Crippen molar-refractivity contribution >= 4 is 28.6 Å². The molecule has 4 nitrogen and oxygen atoms in total. The van der Waals surface area contributed by atoms with Crippen LogP contribution in [0.2, 0.25) is 0 Å². The maximum atomic E-state index is 12.8. The van der Waals surface area contributed by atoms with Gasteiger partial charge >= 0.3 is 0 Å². The summed E-state index contributed by atoms with van der Waals surface area (Å²) < 4.78 is 0. The van der Waals surface area contributed by atoms with Crippen LogP contribution in [0, 0.1) is 0 Å². The molecule has 2 unspecified atom stereocenters. The molecule has 2 fully saturated rings. The summed E-state index contributed by atoms with van der Waals surface area (Å²) in [4.78, 5) is 19.0. The molecule has 4 rings (SSSR count). The summed E-state index contributed by atoms with van der Waals surface area (Å²) in [6.07, 6.45) is 6.19. The summed E-state index contributed by atoms with van der Waals surface area (Å²) in [7, 11) is 0. The molecule has 2 aliphatic heterocycles. The zero-order chi connectivity index (χ0) is 18.6. The maximum Gasteiger partial charge on any atom is 0.241 e. The largest absolute Gasteiger partial charge is 0.372 e. The van der Waals surface area contributed by atoms with Crippen molar-refractivity contribution in [3.63, 3.8) is 0 Å². The highest BCUT2D eigenvalue weighted by Gasteiger charge is 2.33. The van der Waals surface area contributed by atoms with Gasteiger partial charge in [0.05, 0.1) is 6.04 Å². The Hall–Kier alpha value is -1.85. The van der Waals surface area contributed by atoms with Crippen molar-refractivity contribution in [2.24, 2.45) is 0 Å². The Bertz CT molecular complexity index is 737. The highest BCUT2D eigenvalue weighted by atomic mass is 32.1. The average molecular weight is 384 g/mol. The second kappa shape index (κ2) is 8.44. The Morgan fingerprint density at radius 2 is 1.85 bits per heavy atom. The van der Waals surface area contributed by atoms with Gasteiger partial charge in [0.25, 0.3) is 0 Å². The van der Waals surface area contributed by atoms with Crippen molar-refractivity contribution in [2.75, 3.05) is 29.9 Å².